The zero-order valence-corrected chi connectivity index (χ0v) is 7.59. The second kappa shape index (κ2) is 4.49. The van der Waals surface area contributed by atoms with E-state index in [9.17, 15) is 4.79 Å². The van der Waals surface area contributed by atoms with Gasteiger partial charge in [-0.15, -0.1) is 0 Å². The SMILES string of the molecule is C=C(C)N=C(C(=O)O)/C(C)=C\C. The highest BCUT2D eigenvalue weighted by molar-refractivity contribution is 6.42. The van der Waals surface area contributed by atoms with Crippen LogP contribution in [0.5, 0.6) is 0 Å². The first-order valence-corrected chi connectivity index (χ1v) is 3.59. The van der Waals surface area contributed by atoms with Gasteiger partial charge in [-0.3, -0.25) is 0 Å². The summed E-state index contributed by atoms with van der Waals surface area (Å²) in [7, 11) is 0. The van der Waals surface area contributed by atoms with Crippen LogP contribution in [-0.4, -0.2) is 16.8 Å². The molecule has 0 aliphatic rings. The Balaban J connectivity index is 4.93. The summed E-state index contributed by atoms with van der Waals surface area (Å²) in [6, 6.07) is 0. The Labute approximate surface area is 72.1 Å². The van der Waals surface area contributed by atoms with Crippen LogP contribution >= 0.6 is 0 Å². The number of aliphatic imine (C=N–C) groups is 1. The van der Waals surface area contributed by atoms with Gasteiger partial charge in [-0.25, -0.2) is 9.79 Å². The molecule has 0 aromatic heterocycles. The second-order valence-electron chi connectivity index (χ2n) is 2.47. The molecule has 0 unspecified atom stereocenters. The lowest BCUT2D eigenvalue weighted by molar-refractivity contribution is -0.129. The first kappa shape index (κ1) is 10.6. The van der Waals surface area contributed by atoms with E-state index in [2.05, 4.69) is 11.6 Å². The molecule has 0 radical (unpaired) electrons. The van der Waals surface area contributed by atoms with Gasteiger partial charge in [0.25, 0.3) is 0 Å². The van der Waals surface area contributed by atoms with E-state index in [0.717, 1.165) is 0 Å². The largest absolute Gasteiger partial charge is 0.477 e. The van der Waals surface area contributed by atoms with Gasteiger partial charge in [-0.1, -0.05) is 12.7 Å². The van der Waals surface area contributed by atoms with Crippen molar-refractivity contribution >= 4 is 11.7 Å². The average molecular weight is 167 g/mol. The molecule has 3 heteroatoms. The Morgan fingerprint density at radius 3 is 2.25 bits per heavy atom. The van der Waals surface area contributed by atoms with Gasteiger partial charge in [0, 0.05) is 5.70 Å². The van der Waals surface area contributed by atoms with Crippen molar-refractivity contribution in [2.24, 2.45) is 4.99 Å². The minimum absolute atomic E-state index is 0.0602. The van der Waals surface area contributed by atoms with Crippen LogP contribution in [0.4, 0.5) is 0 Å². The first-order valence-electron chi connectivity index (χ1n) is 3.59. The minimum atomic E-state index is -1.02. The molecule has 0 amide bonds. The molecule has 0 bridgehead atoms. The topological polar surface area (TPSA) is 49.7 Å². The van der Waals surface area contributed by atoms with Gasteiger partial charge < -0.3 is 5.11 Å². The van der Waals surface area contributed by atoms with Crippen molar-refractivity contribution in [3.8, 4) is 0 Å². The van der Waals surface area contributed by atoms with E-state index < -0.39 is 5.97 Å². The number of aliphatic carboxylic acids is 1. The molecular formula is C9H13NO2. The lowest BCUT2D eigenvalue weighted by Crippen LogP contribution is -2.14. The lowest BCUT2D eigenvalue weighted by atomic mass is 10.2. The summed E-state index contributed by atoms with van der Waals surface area (Å²) in [6.45, 7) is 8.65. The predicted molar refractivity (Wildman–Crippen MR) is 49.3 cm³/mol. The maximum absolute atomic E-state index is 10.6. The molecule has 0 aliphatic heterocycles. The van der Waals surface area contributed by atoms with E-state index in [1.807, 2.05) is 0 Å². The summed E-state index contributed by atoms with van der Waals surface area (Å²) in [5.74, 6) is -1.02. The third-order valence-electron chi connectivity index (χ3n) is 1.31. The summed E-state index contributed by atoms with van der Waals surface area (Å²) >= 11 is 0. The zero-order chi connectivity index (χ0) is 9.72. The quantitative estimate of drug-likeness (QED) is 0.653. The van der Waals surface area contributed by atoms with Crippen LogP contribution in [0.1, 0.15) is 20.8 Å². The van der Waals surface area contributed by atoms with Crippen molar-refractivity contribution < 1.29 is 9.90 Å². The monoisotopic (exact) mass is 167 g/mol. The van der Waals surface area contributed by atoms with Crippen LogP contribution in [0.25, 0.3) is 0 Å². The molecule has 1 N–H and O–H groups in total. The second-order valence-corrected chi connectivity index (χ2v) is 2.47. The van der Waals surface area contributed by atoms with E-state index in [1.165, 1.54) is 0 Å². The van der Waals surface area contributed by atoms with Crippen LogP contribution in [0, 0.1) is 0 Å². The van der Waals surface area contributed by atoms with E-state index in [-0.39, 0.29) is 5.71 Å². The molecule has 12 heavy (non-hydrogen) atoms. The molecule has 66 valence electrons. The van der Waals surface area contributed by atoms with Crippen molar-refractivity contribution in [2.75, 3.05) is 0 Å². The molecule has 0 atom stereocenters. The summed E-state index contributed by atoms with van der Waals surface area (Å²) in [5, 5.41) is 8.71. The highest BCUT2D eigenvalue weighted by Crippen LogP contribution is 2.01. The molecule has 0 heterocycles. The fraction of sp³-hybridized carbons (Fsp3) is 0.333. The van der Waals surface area contributed by atoms with Crippen molar-refractivity contribution in [1.29, 1.82) is 0 Å². The molecule has 3 nitrogen and oxygen atoms in total. The molecule has 0 saturated heterocycles. The third-order valence-corrected chi connectivity index (χ3v) is 1.31. The number of allylic oxidation sites excluding steroid dienone is 2. The Hall–Kier alpha value is -1.38. The standard InChI is InChI=1S/C9H13NO2/c1-5-7(4)8(9(11)12)10-6(2)3/h5H,2H2,1,3-4H3,(H,11,12)/b7-5-,10-8?. The third kappa shape index (κ3) is 3.14. The number of rotatable bonds is 3. The number of hydrogen-bond acceptors (Lipinski definition) is 2. The van der Waals surface area contributed by atoms with Gasteiger partial charge >= 0.3 is 5.97 Å². The molecule has 0 saturated carbocycles. The molecule has 0 spiro atoms. The van der Waals surface area contributed by atoms with Crippen molar-refractivity contribution in [3.63, 3.8) is 0 Å². The van der Waals surface area contributed by atoms with E-state index in [4.69, 9.17) is 5.11 Å². The lowest BCUT2D eigenvalue weighted by Gasteiger charge is -1.99. The van der Waals surface area contributed by atoms with Gasteiger partial charge in [0.15, 0.2) is 5.71 Å². The molecule has 0 rings (SSSR count). The first-order chi connectivity index (χ1) is 5.49. The zero-order valence-electron chi connectivity index (χ0n) is 7.59. The van der Waals surface area contributed by atoms with Crippen LogP contribution in [-0.2, 0) is 4.79 Å². The molecule has 0 fully saturated rings. The molecule has 0 aromatic carbocycles. The number of carbonyl (C=O) groups is 1. The summed E-state index contributed by atoms with van der Waals surface area (Å²) in [4.78, 5) is 14.4. The number of hydrogen-bond donors (Lipinski definition) is 1. The van der Waals surface area contributed by atoms with E-state index in [0.29, 0.717) is 11.3 Å². The van der Waals surface area contributed by atoms with Gasteiger partial charge in [0.2, 0.25) is 0 Å². The Kier molecular flexibility index (Phi) is 3.97. The Morgan fingerprint density at radius 2 is 2.00 bits per heavy atom. The smallest absolute Gasteiger partial charge is 0.354 e. The molecule has 0 aromatic rings. The highest BCUT2D eigenvalue weighted by atomic mass is 16.4. The Morgan fingerprint density at radius 1 is 1.50 bits per heavy atom. The Bertz CT molecular complexity index is 262. The highest BCUT2D eigenvalue weighted by Gasteiger charge is 2.09. The number of carboxylic acids is 1. The fourth-order valence-electron chi connectivity index (χ4n) is 0.632. The summed E-state index contributed by atoms with van der Waals surface area (Å²) in [5.41, 5.74) is 1.20. The number of nitrogens with zero attached hydrogens (tertiary/aromatic N) is 1. The van der Waals surface area contributed by atoms with E-state index >= 15 is 0 Å². The van der Waals surface area contributed by atoms with Crippen LogP contribution in [0.15, 0.2) is 28.9 Å². The summed E-state index contributed by atoms with van der Waals surface area (Å²) < 4.78 is 0. The predicted octanol–water partition coefficient (Wildman–Crippen LogP) is 2.01. The fourth-order valence-corrected chi connectivity index (χ4v) is 0.632. The van der Waals surface area contributed by atoms with Gasteiger partial charge in [0.05, 0.1) is 0 Å². The average Bonchev–Trinajstić information content (AvgIpc) is 1.98. The maximum Gasteiger partial charge on any atom is 0.354 e. The van der Waals surface area contributed by atoms with Crippen molar-refractivity contribution in [3.05, 3.63) is 23.9 Å². The van der Waals surface area contributed by atoms with Gasteiger partial charge in [-0.2, -0.15) is 0 Å². The van der Waals surface area contributed by atoms with E-state index in [1.54, 1.807) is 26.8 Å². The summed E-state index contributed by atoms with van der Waals surface area (Å²) in [6.07, 6.45) is 1.70. The van der Waals surface area contributed by atoms with Crippen LogP contribution in [0.2, 0.25) is 0 Å². The minimum Gasteiger partial charge on any atom is -0.477 e. The van der Waals surface area contributed by atoms with Crippen LogP contribution < -0.4 is 0 Å². The van der Waals surface area contributed by atoms with Gasteiger partial charge in [-0.05, 0) is 26.3 Å². The van der Waals surface area contributed by atoms with Crippen LogP contribution in [0.3, 0.4) is 0 Å². The van der Waals surface area contributed by atoms with Crippen molar-refractivity contribution in [2.45, 2.75) is 20.8 Å². The number of carboxylic acid groups (broad SMARTS) is 1. The molecular weight excluding hydrogens is 154 g/mol. The maximum atomic E-state index is 10.6. The van der Waals surface area contributed by atoms with Gasteiger partial charge in [0.1, 0.15) is 0 Å². The normalized spacial score (nSPS) is 12.9. The van der Waals surface area contributed by atoms with Crippen molar-refractivity contribution in [1.82, 2.24) is 0 Å². The molecule has 0 aliphatic carbocycles.